The third-order valence-corrected chi connectivity index (χ3v) is 7.96. The first-order chi connectivity index (χ1) is 19.0. The minimum atomic E-state index is -0.506. The van der Waals surface area contributed by atoms with Gasteiger partial charge in [0.05, 0.1) is 18.8 Å². The third-order valence-electron chi connectivity index (χ3n) is 6.77. The lowest BCUT2D eigenvalue weighted by atomic mass is 9.99. The Bertz CT molecular complexity index is 1390. The summed E-state index contributed by atoms with van der Waals surface area (Å²) in [5.41, 5.74) is 6.12. The van der Waals surface area contributed by atoms with Crippen LogP contribution in [0, 0.1) is 0 Å². The summed E-state index contributed by atoms with van der Waals surface area (Å²) in [6.45, 7) is 2.04. The van der Waals surface area contributed by atoms with Crippen LogP contribution in [0.15, 0.2) is 90.3 Å². The van der Waals surface area contributed by atoms with Crippen molar-refractivity contribution in [1.29, 1.82) is 0 Å². The molecule has 7 nitrogen and oxygen atoms in total. The highest BCUT2D eigenvalue weighted by Crippen LogP contribution is 2.39. The van der Waals surface area contributed by atoms with Crippen LogP contribution in [0.2, 0.25) is 0 Å². The van der Waals surface area contributed by atoms with Gasteiger partial charge in [0.15, 0.2) is 11.4 Å². The number of carbonyl (C=O) groups excluding carboxylic acids is 1. The van der Waals surface area contributed by atoms with E-state index in [1.165, 1.54) is 6.92 Å². The summed E-state index contributed by atoms with van der Waals surface area (Å²) in [5, 5.41) is 13.3. The molecule has 39 heavy (non-hydrogen) atoms. The first-order valence-corrected chi connectivity index (χ1v) is 14.0. The lowest BCUT2D eigenvalue weighted by molar-refractivity contribution is -0.245. The van der Waals surface area contributed by atoms with Gasteiger partial charge in [-0.25, -0.2) is 4.98 Å². The van der Waals surface area contributed by atoms with Gasteiger partial charge in [0.2, 0.25) is 5.91 Å². The summed E-state index contributed by atoms with van der Waals surface area (Å²) in [7, 11) is 1.99. The normalized spacial score (nSPS) is 19.1. The van der Waals surface area contributed by atoms with Crippen molar-refractivity contribution in [2.45, 2.75) is 50.2 Å². The Hall–Kier alpha value is -3.43. The Balaban J connectivity index is 1.34. The average molecular weight is 544 g/mol. The average Bonchev–Trinajstić information content (AvgIpc) is 3.39. The van der Waals surface area contributed by atoms with Crippen LogP contribution >= 0.6 is 11.8 Å². The number of rotatable bonds is 9. The third kappa shape index (κ3) is 6.96. The number of ether oxygens (including phenoxy) is 2. The largest absolute Gasteiger partial charge is 0.392 e. The maximum atomic E-state index is 11.3. The molecule has 1 aliphatic heterocycles. The van der Waals surface area contributed by atoms with Crippen molar-refractivity contribution in [3.8, 4) is 11.1 Å². The molecule has 1 amide bonds. The molecule has 8 heteroatoms. The molecule has 0 aliphatic carbocycles. The molecular formula is C31H33N3O4S. The fourth-order valence-corrected chi connectivity index (χ4v) is 5.55. The van der Waals surface area contributed by atoms with E-state index in [9.17, 15) is 9.90 Å². The lowest BCUT2D eigenvalue weighted by Crippen LogP contribution is -2.31. The molecule has 1 saturated heterocycles. The maximum absolute atomic E-state index is 11.3. The molecule has 0 unspecified atom stereocenters. The molecule has 4 aromatic rings. The van der Waals surface area contributed by atoms with Crippen molar-refractivity contribution in [2.24, 2.45) is 7.05 Å². The number of aliphatic hydroxyl groups excluding tert-OH is 1. The fraction of sp³-hybridized carbons (Fsp3) is 0.290. The van der Waals surface area contributed by atoms with Crippen LogP contribution in [0.25, 0.3) is 11.1 Å². The quantitative estimate of drug-likeness (QED) is 0.269. The Morgan fingerprint density at radius 1 is 1.03 bits per heavy atom. The SMILES string of the molecule is CC(=O)NCc1cccc(-c2ccc([C@H]3O[C@@H](CSc4nccn4C)C[C@@H](c4ccc(CO)cc4)O3)cc2)c1. The van der Waals surface area contributed by atoms with Crippen molar-refractivity contribution in [3.63, 3.8) is 0 Å². The molecule has 5 rings (SSSR count). The fourth-order valence-electron chi connectivity index (χ4n) is 4.60. The van der Waals surface area contributed by atoms with Crippen LogP contribution in [0.4, 0.5) is 0 Å². The highest BCUT2D eigenvalue weighted by molar-refractivity contribution is 7.99. The number of imidazole rings is 1. The predicted molar refractivity (Wildman–Crippen MR) is 152 cm³/mol. The van der Waals surface area contributed by atoms with Gasteiger partial charge in [0.1, 0.15) is 0 Å². The number of hydrogen-bond acceptors (Lipinski definition) is 6. The van der Waals surface area contributed by atoms with Gasteiger partial charge < -0.3 is 24.5 Å². The Kier molecular flexibility index (Phi) is 8.78. The zero-order valence-corrected chi connectivity index (χ0v) is 22.9. The van der Waals surface area contributed by atoms with E-state index in [1.54, 1.807) is 18.0 Å². The molecular weight excluding hydrogens is 510 g/mol. The summed E-state index contributed by atoms with van der Waals surface area (Å²) in [5.74, 6) is 0.714. The first kappa shape index (κ1) is 27.1. The number of thioether (sulfide) groups is 1. The van der Waals surface area contributed by atoms with E-state index >= 15 is 0 Å². The number of nitrogens with one attached hydrogen (secondary N) is 1. The number of hydrogen-bond donors (Lipinski definition) is 2. The highest BCUT2D eigenvalue weighted by atomic mass is 32.2. The van der Waals surface area contributed by atoms with Crippen LogP contribution in [0.3, 0.4) is 0 Å². The number of carbonyl (C=O) groups is 1. The monoisotopic (exact) mass is 543 g/mol. The molecule has 3 aromatic carbocycles. The molecule has 0 spiro atoms. The van der Waals surface area contributed by atoms with E-state index in [-0.39, 0.29) is 24.7 Å². The van der Waals surface area contributed by atoms with E-state index in [1.807, 2.05) is 54.2 Å². The highest BCUT2D eigenvalue weighted by Gasteiger charge is 2.32. The first-order valence-electron chi connectivity index (χ1n) is 13.0. The van der Waals surface area contributed by atoms with Gasteiger partial charge in [-0.15, -0.1) is 0 Å². The number of aliphatic hydroxyl groups is 1. The summed E-state index contributed by atoms with van der Waals surface area (Å²) in [4.78, 5) is 15.7. The van der Waals surface area contributed by atoms with Crippen molar-refractivity contribution >= 4 is 17.7 Å². The number of amides is 1. The minimum Gasteiger partial charge on any atom is -0.392 e. The van der Waals surface area contributed by atoms with Gasteiger partial charge in [-0.2, -0.15) is 0 Å². The minimum absolute atomic E-state index is 0.0168. The van der Waals surface area contributed by atoms with Crippen molar-refractivity contribution in [1.82, 2.24) is 14.9 Å². The second kappa shape index (κ2) is 12.6. The number of benzene rings is 3. The maximum Gasteiger partial charge on any atom is 0.217 e. The van der Waals surface area contributed by atoms with Gasteiger partial charge in [0, 0.05) is 50.6 Å². The van der Waals surface area contributed by atoms with Crippen molar-refractivity contribution < 1.29 is 19.4 Å². The van der Waals surface area contributed by atoms with Gasteiger partial charge in [-0.1, -0.05) is 78.5 Å². The Morgan fingerprint density at radius 3 is 2.49 bits per heavy atom. The molecule has 0 saturated carbocycles. The molecule has 1 fully saturated rings. The summed E-state index contributed by atoms with van der Waals surface area (Å²) in [6.07, 6.45) is 3.81. The van der Waals surface area contributed by atoms with Crippen LogP contribution in [-0.4, -0.2) is 32.4 Å². The van der Waals surface area contributed by atoms with Crippen molar-refractivity contribution in [3.05, 3.63) is 107 Å². The molecule has 0 radical (unpaired) electrons. The Morgan fingerprint density at radius 2 is 1.79 bits per heavy atom. The van der Waals surface area contributed by atoms with Gasteiger partial charge in [-0.05, 0) is 33.9 Å². The van der Waals surface area contributed by atoms with Crippen molar-refractivity contribution in [2.75, 3.05) is 5.75 Å². The van der Waals surface area contributed by atoms with E-state index < -0.39 is 6.29 Å². The second-order valence-corrected chi connectivity index (χ2v) is 10.7. The van der Waals surface area contributed by atoms with Crippen LogP contribution in [0.1, 0.15) is 48.0 Å². The van der Waals surface area contributed by atoms with E-state index in [2.05, 4.69) is 46.7 Å². The number of aromatic nitrogens is 2. The van der Waals surface area contributed by atoms with Crippen LogP contribution in [-0.2, 0) is 34.5 Å². The Labute approximate surface area is 233 Å². The van der Waals surface area contributed by atoms with Crippen LogP contribution in [0.5, 0.6) is 0 Å². The molecule has 0 bridgehead atoms. The zero-order chi connectivity index (χ0) is 27.2. The van der Waals surface area contributed by atoms with Gasteiger partial charge in [-0.3, -0.25) is 4.79 Å². The summed E-state index contributed by atoms with van der Waals surface area (Å²) >= 11 is 1.68. The molecule has 202 valence electrons. The number of aryl methyl sites for hydroxylation is 1. The smallest absolute Gasteiger partial charge is 0.217 e. The molecule has 1 aliphatic rings. The summed E-state index contributed by atoms with van der Waals surface area (Å²) < 4.78 is 15.0. The molecule has 3 atom stereocenters. The standard InChI is InChI=1S/C31H33N3O4S/c1-21(36)33-18-23-4-3-5-27(16-23)24-10-12-26(13-11-24)30-37-28(20-39-31-32-14-15-34(31)2)17-29(38-30)25-8-6-22(19-35)7-9-25/h3-16,28-30,35H,17-20H2,1-2H3,(H,33,36)/t28-,29+,30+/m1/s1. The predicted octanol–water partition coefficient (Wildman–Crippen LogP) is 5.55. The lowest BCUT2D eigenvalue weighted by Gasteiger charge is -2.36. The van der Waals surface area contributed by atoms with Gasteiger partial charge >= 0.3 is 0 Å². The van der Waals surface area contributed by atoms with Gasteiger partial charge in [0.25, 0.3) is 0 Å². The number of nitrogens with zero attached hydrogens (tertiary/aromatic N) is 2. The topological polar surface area (TPSA) is 85.6 Å². The second-order valence-electron chi connectivity index (χ2n) is 9.71. The summed E-state index contributed by atoms with van der Waals surface area (Å²) in [6, 6.07) is 24.4. The molecule has 2 heterocycles. The van der Waals surface area contributed by atoms with E-state index in [4.69, 9.17) is 9.47 Å². The molecule has 2 N–H and O–H groups in total. The molecule has 1 aromatic heterocycles. The van der Waals surface area contributed by atoms with E-state index in [0.717, 1.165) is 50.7 Å². The van der Waals surface area contributed by atoms with E-state index in [0.29, 0.717) is 6.54 Å². The zero-order valence-electron chi connectivity index (χ0n) is 22.1. The van der Waals surface area contributed by atoms with Crippen LogP contribution < -0.4 is 5.32 Å².